The van der Waals surface area contributed by atoms with Gasteiger partial charge in [0, 0.05) is 19.6 Å². The molecular weight excluding hydrogens is 202 g/mol. The van der Waals surface area contributed by atoms with Crippen LogP contribution in [0.15, 0.2) is 0 Å². The summed E-state index contributed by atoms with van der Waals surface area (Å²) in [6.45, 7) is 11.2. The molecule has 1 atom stereocenters. The van der Waals surface area contributed by atoms with Crippen LogP contribution in [-0.4, -0.2) is 48.4 Å². The van der Waals surface area contributed by atoms with Crippen molar-refractivity contribution in [3.05, 3.63) is 0 Å². The van der Waals surface area contributed by atoms with E-state index in [1.165, 1.54) is 0 Å². The molecule has 0 saturated carbocycles. The van der Waals surface area contributed by atoms with Crippen molar-refractivity contribution in [2.75, 3.05) is 32.7 Å². The molecule has 0 aromatic heterocycles. The van der Waals surface area contributed by atoms with Gasteiger partial charge in [0.05, 0.1) is 18.5 Å². The van der Waals surface area contributed by atoms with Crippen LogP contribution in [0.3, 0.4) is 0 Å². The summed E-state index contributed by atoms with van der Waals surface area (Å²) >= 11 is 0. The molecule has 92 valence electrons. The molecule has 1 amide bonds. The van der Waals surface area contributed by atoms with E-state index >= 15 is 0 Å². The van der Waals surface area contributed by atoms with Crippen molar-refractivity contribution >= 4 is 5.91 Å². The fourth-order valence-corrected chi connectivity index (χ4v) is 1.60. The Labute approximate surface area is 98.8 Å². The summed E-state index contributed by atoms with van der Waals surface area (Å²) in [5, 5.41) is 8.74. The SMILES string of the molecule is CCN(CC(=O)N(CC)CC)CC(C)C#N. The van der Waals surface area contributed by atoms with E-state index < -0.39 is 0 Å². The predicted molar refractivity (Wildman–Crippen MR) is 64.8 cm³/mol. The van der Waals surface area contributed by atoms with Gasteiger partial charge in [0.1, 0.15) is 0 Å². The Morgan fingerprint density at radius 2 is 1.81 bits per heavy atom. The first-order chi connectivity index (χ1) is 7.58. The van der Waals surface area contributed by atoms with E-state index in [0.717, 1.165) is 19.6 Å². The quantitative estimate of drug-likeness (QED) is 0.657. The second kappa shape index (κ2) is 8.12. The van der Waals surface area contributed by atoms with Gasteiger partial charge in [-0.25, -0.2) is 0 Å². The summed E-state index contributed by atoms with van der Waals surface area (Å²) in [7, 11) is 0. The van der Waals surface area contributed by atoms with Crippen LogP contribution in [0.25, 0.3) is 0 Å². The zero-order chi connectivity index (χ0) is 12.6. The molecule has 4 heteroatoms. The maximum Gasteiger partial charge on any atom is 0.236 e. The van der Waals surface area contributed by atoms with Crippen molar-refractivity contribution in [3.63, 3.8) is 0 Å². The van der Waals surface area contributed by atoms with Crippen LogP contribution in [0.1, 0.15) is 27.7 Å². The third-order valence-electron chi connectivity index (χ3n) is 2.67. The van der Waals surface area contributed by atoms with E-state index in [1.807, 2.05) is 37.5 Å². The first-order valence-corrected chi connectivity index (χ1v) is 5.98. The fraction of sp³-hybridized carbons (Fsp3) is 0.833. The van der Waals surface area contributed by atoms with Crippen LogP contribution in [0.5, 0.6) is 0 Å². The first kappa shape index (κ1) is 14.9. The number of amides is 1. The summed E-state index contributed by atoms with van der Waals surface area (Å²) in [6, 6.07) is 2.19. The molecule has 0 aromatic rings. The average Bonchev–Trinajstić information content (AvgIpc) is 2.29. The van der Waals surface area contributed by atoms with Gasteiger partial charge in [-0.05, 0) is 27.3 Å². The van der Waals surface area contributed by atoms with Crippen LogP contribution in [0.4, 0.5) is 0 Å². The van der Waals surface area contributed by atoms with E-state index in [4.69, 9.17) is 5.26 Å². The third kappa shape index (κ3) is 5.13. The second-order valence-electron chi connectivity index (χ2n) is 3.92. The van der Waals surface area contributed by atoms with E-state index in [-0.39, 0.29) is 11.8 Å². The van der Waals surface area contributed by atoms with Crippen LogP contribution >= 0.6 is 0 Å². The molecule has 0 aliphatic carbocycles. The van der Waals surface area contributed by atoms with Gasteiger partial charge in [0.15, 0.2) is 0 Å². The summed E-state index contributed by atoms with van der Waals surface area (Å²) in [5.74, 6) is 0.126. The van der Waals surface area contributed by atoms with E-state index in [0.29, 0.717) is 13.1 Å². The van der Waals surface area contributed by atoms with Gasteiger partial charge >= 0.3 is 0 Å². The smallest absolute Gasteiger partial charge is 0.236 e. The Balaban J connectivity index is 4.21. The fourth-order valence-electron chi connectivity index (χ4n) is 1.60. The average molecular weight is 225 g/mol. The minimum atomic E-state index is -0.0237. The van der Waals surface area contributed by atoms with Crippen molar-refractivity contribution in [2.45, 2.75) is 27.7 Å². The topological polar surface area (TPSA) is 47.3 Å². The van der Waals surface area contributed by atoms with Crippen LogP contribution in [0.2, 0.25) is 0 Å². The summed E-state index contributed by atoms with van der Waals surface area (Å²) < 4.78 is 0. The van der Waals surface area contributed by atoms with E-state index in [1.54, 1.807) is 0 Å². The molecule has 0 spiro atoms. The highest BCUT2D eigenvalue weighted by Gasteiger charge is 2.15. The molecular formula is C12H23N3O. The summed E-state index contributed by atoms with van der Waals surface area (Å²) in [4.78, 5) is 15.7. The van der Waals surface area contributed by atoms with Gasteiger partial charge in [-0.1, -0.05) is 6.92 Å². The molecule has 0 N–H and O–H groups in total. The van der Waals surface area contributed by atoms with Crippen LogP contribution < -0.4 is 0 Å². The Bertz CT molecular complexity index is 243. The Hall–Kier alpha value is -1.08. The lowest BCUT2D eigenvalue weighted by molar-refractivity contribution is -0.132. The number of nitriles is 1. The summed E-state index contributed by atoms with van der Waals surface area (Å²) in [6.07, 6.45) is 0. The van der Waals surface area contributed by atoms with Crippen molar-refractivity contribution in [1.29, 1.82) is 5.26 Å². The first-order valence-electron chi connectivity index (χ1n) is 5.98. The Morgan fingerprint density at radius 1 is 1.25 bits per heavy atom. The van der Waals surface area contributed by atoms with Crippen molar-refractivity contribution in [1.82, 2.24) is 9.80 Å². The predicted octanol–water partition coefficient (Wildman–Crippen LogP) is 1.34. The Morgan fingerprint density at radius 3 is 2.19 bits per heavy atom. The zero-order valence-corrected chi connectivity index (χ0v) is 10.9. The molecule has 0 radical (unpaired) electrons. The lowest BCUT2D eigenvalue weighted by Crippen LogP contribution is -2.41. The van der Waals surface area contributed by atoms with Gasteiger partial charge in [0.2, 0.25) is 5.91 Å². The van der Waals surface area contributed by atoms with Crippen molar-refractivity contribution in [2.24, 2.45) is 5.92 Å². The standard InChI is InChI=1S/C12H23N3O/c1-5-14(9-11(4)8-13)10-12(16)15(6-2)7-3/h11H,5-7,9-10H2,1-4H3. The molecule has 0 rings (SSSR count). The highest BCUT2D eigenvalue weighted by atomic mass is 16.2. The molecule has 0 heterocycles. The minimum Gasteiger partial charge on any atom is -0.342 e. The van der Waals surface area contributed by atoms with Crippen LogP contribution in [-0.2, 0) is 4.79 Å². The van der Waals surface area contributed by atoms with Gasteiger partial charge < -0.3 is 4.90 Å². The lowest BCUT2D eigenvalue weighted by Gasteiger charge is -2.25. The van der Waals surface area contributed by atoms with Crippen molar-refractivity contribution < 1.29 is 4.79 Å². The number of likely N-dealkylation sites (N-methyl/N-ethyl adjacent to an activating group) is 2. The highest BCUT2D eigenvalue weighted by molar-refractivity contribution is 5.78. The lowest BCUT2D eigenvalue weighted by atomic mass is 10.2. The molecule has 0 bridgehead atoms. The van der Waals surface area contributed by atoms with Gasteiger partial charge in [-0.2, -0.15) is 5.26 Å². The minimum absolute atomic E-state index is 0.0237. The monoisotopic (exact) mass is 225 g/mol. The number of hydrogen-bond acceptors (Lipinski definition) is 3. The third-order valence-corrected chi connectivity index (χ3v) is 2.67. The molecule has 0 aliphatic heterocycles. The maximum absolute atomic E-state index is 11.8. The van der Waals surface area contributed by atoms with E-state index in [9.17, 15) is 4.79 Å². The van der Waals surface area contributed by atoms with Gasteiger partial charge in [0.25, 0.3) is 0 Å². The number of carbonyl (C=O) groups is 1. The summed E-state index contributed by atoms with van der Waals surface area (Å²) in [5.41, 5.74) is 0. The zero-order valence-electron chi connectivity index (χ0n) is 10.9. The molecule has 0 saturated heterocycles. The molecule has 0 aliphatic rings. The maximum atomic E-state index is 11.8. The normalized spacial score (nSPS) is 12.2. The number of rotatable bonds is 7. The van der Waals surface area contributed by atoms with Crippen molar-refractivity contribution in [3.8, 4) is 6.07 Å². The molecule has 0 aromatic carbocycles. The van der Waals surface area contributed by atoms with Crippen LogP contribution in [0, 0.1) is 17.2 Å². The Kier molecular flexibility index (Phi) is 7.57. The van der Waals surface area contributed by atoms with Gasteiger partial charge in [-0.3, -0.25) is 9.69 Å². The second-order valence-corrected chi connectivity index (χ2v) is 3.92. The van der Waals surface area contributed by atoms with Gasteiger partial charge in [-0.15, -0.1) is 0 Å². The molecule has 0 fully saturated rings. The van der Waals surface area contributed by atoms with E-state index in [2.05, 4.69) is 6.07 Å². The largest absolute Gasteiger partial charge is 0.342 e. The highest BCUT2D eigenvalue weighted by Crippen LogP contribution is 2.00. The number of hydrogen-bond donors (Lipinski definition) is 0. The molecule has 1 unspecified atom stereocenters. The molecule has 4 nitrogen and oxygen atoms in total. The molecule has 16 heavy (non-hydrogen) atoms. The number of nitrogens with zero attached hydrogens (tertiary/aromatic N) is 3. The number of carbonyl (C=O) groups excluding carboxylic acids is 1.